The van der Waals surface area contributed by atoms with Gasteiger partial charge >= 0.3 is 0 Å². The summed E-state index contributed by atoms with van der Waals surface area (Å²) in [5.41, 5.74) is 0.766. The van der Waals surface area contributed by atoms with Crippen molar-refractivity contribution in [2.75, 3.05) is 0 Å². The van der Waals surface area contributed by atoms with Crippen LogP contribution >= 0.6 is 0 Å². The highest BCUT2D eigenvalue weighted by Gasteiger charge is 2.30. The molecule has 1 aliphatic heterocycles. The molecule has 20 heavy (non-hydrogen) atoms. The van der Waals surface area contributed by atoms with E-state index in [4.69, 9.17) is 9.47 Å². The maximum atomic E-state index is 10.4. The minimum absolute atomic E-state index is 0.0122. The van der Waals surface area contributed by atoms with Crippen molar-refractivity contribution >= 4 is 6.08 Å². The molecule has 0 amide bonds. The third-order valence-electron chi connectivity index (χ3n) is 2.77. The Balaban J connectivity index is 2.28. The minimum Gasteiger partial charge on any atom is -0.507 e. The van der Waals surface area contributed by atoms with Gasteiger partial charge in [0.2, 0.25) is 12.5 Å². The molecule has 0 saturated heterocycles. The van der Waals surface area contributed by atoms with Crippen LogP contribution in [-0.4, -0.2) is 21.9 Å². The molecule has 1 aliphatic rings. The largest absolute Gasteiger partial charge is 0.507 e. The van der Waals surface area contributed by atoms with Gasteiger partial charge in [-0.1, -0.05) is 0 Å². The average molecular weight is 279 g/mol. The van der Waals surface area contributed by atoms with Crippen molar-refractivity contribution in [1.82, 2.24) is 0 Å². The van der Waals surface area contributed by atoms with Crippen LogP contribution in [0.15, 0.2) is 18.3 Å². The van der Waals surface area contributed by atoms with Gasteiger partial charge < -0.3 is 14.6 Å². The molecule has 0 aromatic heterocycles. The molecule has 0 bridgehead atoms. The van der Waals surface area contributed by atoms with Crippen molar-refractivity contribution in [2.45, 2.75) is 39.1 Å². The highest BCUT2D eigenvalue weighted by Crippen LogP contribution is 2.38. The number of rotatable bonds is 3. The summed E-state index contributed by atoms with van der Waals surface area (Å²) in [6.07, 6.45) is 2.07. The van der Waals surface area contributed by atoms with E-state index in [0.717, 1.165) is 11.8 Å². The van der Waals surface area contributed by atoms with E-state index in [2.05, 4.69) is 0 Å². The Morgan fingerprint density at radius 1 is 1.50 bits per heavy atom. The molecule has 2 rings (SSSR count). The zero-order valence-electron chi connectivity index (χ0n) is 11.6. The number of fused-ring (bicyclic) bond motifs is 1. The summed E-state index contributed by atoms with van der Waals surface area (Å²) in [5.74, 6) is 0.571. The summed E-state index contributed by atoms with van der Waals surface area (Å²) in [6, 6.07) is 3.10. The zero-order valence-corrected chi connectivity index (χ0v) is 11.6. The molecule has 0 aliphatic carbocycles. The van der Waals surface area contributed by atoms with Crippen LogP contribution in [0.5, 0.6) is 11.5 Å². The van der Waals surface area contributed by atoms with Crippen molar-refractivity contribution in [1.29, 1.82) is 0 Å². The second-order valence-corrected chi connectivity index (χ2v) is 5.56. The second kappa shape index (κ2) is 5.13. The number of hydrogen-bond acceptors (Lipinski definition) is 5. The standard InChI is InChI=1S/C14H17NO5/c1-14(2,3)20-13-8-10-9(6-7-15(17)18)11(16)4-5-12(10)19-13/h4-7,13,16H,8H2,1-3H3/b7-6+. The Bertz CT molecular complexity index is 559. The van der Waals surface area contributed by atoms with Crippen LogP contribution in [0.25, 0.3) is 6.08 Å². The number of ether oxygens (including phenoxy) is 2. The molecule has 0 spiro atoms. The van der Waals surface area contributed by atoms with Crippen molar-refractivity contribution < 1.29 is 19.5 Å². The monoisotopic (exact) mass is 279 g/mol. The molecule has 1 aromatic rings. The molecule has 0 saturated carbocycles. The van der Waals surface area contributed by atoms with Gasteiger partial charge in [0, 0.05) is 23.6 Å². The van der Waals surface area contributed by atoms with Crippen molar-refractivity contribution in [2.24, 2.45) is 0 Å². The van der Waals surface area contributed by atoms with Gasteiger partial charge in [-0.15, -0.1) is 0 Å². The highest BCUT2D eigenvalue weighted by molar-refractivity contribution is 5.65. The smallest absolute Gasteiger partial charge is 0.235 e. The molecular formula is C14H17NO5. The summed E-state index contributed by atoms with van der Waals surface area (Å²) in [4.78, 5) is 9.85. The van der Waals surface area contributed by atoms with E-state index < -0.39 is 11.2 Å². The van der Waals surface area contributed by atoms with Crippen LogP contribution in [-0.2, 0) is 11.2 Å². The summed E-state index contributed by atoms with van der Waals surface area (Å²) < 4.78 is 11.4. The van der Waals surface area contributed by atoms with E-state index >= 15 is 0 Å². The van der Waals surface area contributed by atoms with Gasteiger partial charge in [-0.25, -0.2) is 0 Å². The molecule has 1 aromatic carbocycles. The quantitative estimate of drug-likeness (QED) is 0.679. The molecule has 108 valence electrons. The van der Waals surface area contributed by atoms with E-state index in [0.29, 0.717) is 17.7 Å². The fraction of sp³-hybridized carbons (Fsp3) is 0.429. The van der Waals surface area contributed by atoms with Gasteiger partial charge in [0.05, 0.1) is 10.5 Å². The number of phenols is 1. The fourth-order valence-electron chi connectivity index (χ4n) is 2.08. The topological polar surface area (TPSA) is 81.8 Å². The second-order valence-electron chi connectivity index (χ2n) is 5.56. The van der Waals surface area contributed by atoms with Crippen molar-refractivity contribution in [3.8, 4) is 11.5 Å². The van der Waals surface area contributed by atoms with Crippen molar-refractivity contribution in [3.63, 3.8) is 0 Å². The van der Waals surface area contributed by atoms with Crippen LogP contribution in [0.3, 0.4) is 0 Å². The summed E-state index contributed by atoms with van der Waals surface area (Å²) in [7, 11) is 0. The molecule has 6 heteroatoms. The first-order valence-corrected chi connectivity index (χ1v) is 6.27. The Hall–Kier alpha value is -2.08. The normalized spacial score (nSPS) is 18.1. The number of nitro groups is 1. The number of phenolic OH excluding ortho intramolecular Hbond substituents is 1. The van der Waals surface area contributed by atoms with E-state index in [9.17, 15) is 15.2 Å². The van der Waals surface area contributed by atoms with Crippen LogP contribution in [0.1, 0.15) is 31.9 Å². The lowest BCUT2D eigenvalue weighted by molar-refractivity contribution is -0.400. The number of benzene rings is 1. The lowest BCUT2D eigenvalue weighted by Gasteiger charge is -2.23. The Morgan fingerprint density at radius 2 is 2.20 bits per heavy atom. The number of aromatic hydroxyl groups is 1. The molecule has 1 heterocycles. The third-order valence-corrected chi connectivity index (χ3v) is 2.77. The Labute approximate surface area is 116 Å². The molecule has 6 nitrogen and oxygen atoms in total. The zero-order chi connectivity index (χ0) is 14.9. The van der Waals surface area contributed by atoms with Gasteiger partial charge in [-0.2, -0.15) is 0 Å². The first-order valence-electron chi connectivity index (χ1n) is 6.27. The van der Waals surface area contributed by atoms with E-state index in [-0.39, 0.29) is 11.4 Å². The molecule has 0 fully saturated rings. The van der Waals surface area contributed by atoms with Crippen LogP contribution in [0.4, 0.5) is 0 Å². The van der Waals surface area contributed by atoms with E-state index in [1.165, 1.54) is 12.1 Å². The summed E-state index contributed by atoms with van der Waals surface area (Å²) >= 11 is 0. The number of hydrogen-bond donors (Lipinski definition) is 1. The molecule has 1 unspecified atom stereocenters. The third kappa shape index (κ3) is 3.27. The van der Waals surface area contributed by atoms with Crippen molar-refractivity contribution in [3.05, 3.63) is 39.6 Å². The number of nitrogens with zero attached hydrogens (tertiary/aromatic N) is 1. The highest BCUT2D eigenvalue weighted by atomic mass is 16.7. The molecule has 0 radical (unpaired) electrons. The SMILES string of the molecule is CC(C)(C)OC1Cc2c(ccc(O)c2/C=C/[N+](=O)[O-])O1. The summed E-state index contributed by atoms with van der Waals surface area (Å²) in [6.45, 7) is 5.76. The minimum atomic E-state index is -0.572. The molecular weight excluding hydrogens is 262 g/mol. The van der Waals surface area contributed by atoms with Gasteiger partial charge in [0.25, 0.3) is 0 Å². The van der Waals surface area contributed by atoms with Crippen LogP contribution in [0.2, 0.25) is 0 Å². The summed E-state index contributed by atoms with van der Waals surface area (Å²) in [5, 5.41) is 20.3. The predicted molar refractivity (Wildman–Crippen MR) is 73.1 cm³/mol. The van der Waals surface area contributed by atoms with E-state index in [1.54, 1.807) is 6.07 Å². The lowest BCUT2D eigenvalue weighted by atomic mass is 10.0. The van der Waals surface area contributed by atoms with Crippen LogP contribution < -0.4 is 4.74 Å². The van der Waals surface area contributed by atoms with Gasteiger partial charge in [-0.05, 0) is 32.9 Å². The van der Waals surface area contributed by atoms with E-state index in [1.807, 2.05) is 20.8 Å². The predicted octanol–water partition coefficient (Wildman–Crippen LogP) is 2.72. The maximum absolute atomic E-state index is 10.4. The Morgan fingerprint density at radius 3 is 2.80 bits per heavy atom. The van der Waals surface area contributed by atoms with Gasteiger partial charge in [-0.3, -0.25) is 10.1 Å². The Kier molecular flexibility index (Phi) is 3.67. The lowest BCUT2D eigenvalue weighted by Crippen LogP contribution is -2.30. The molecule has 1 N–H and O–H groups in total. The average Bonchev–Trinajstić information content (AvgIpc) is 2.67. The first-order chi connectivity index (χ1) is 9.26. The first kappa shape index (κ1) is 14.3. The van der Waals surface area contributed by atoms with Gasteiger partial charge in [0.1, 0.15) is 11.5 Å². The molecule has 1 atom stereocenters. The maximum Gasteiger partial charge on any atom is 0.235 e. The fourth-order valence-corrected chi connectivity index (χ4v) is 2.08. The van der Waals surface area contributed by atoms with Crippen LogP contribution in [0, 0.1) is 10.1 Å². The van der Waals surface area contributed by atoms with Gasteiger partial charge in [0.15, 0.2) is 0 Å².